The van der Waals surface area contributed by atoms with E-state index in [2.05, 4.69) is 0 Å². The van der Waals surface area contributed by atoms with Crippen molar-refractivity contribution in [3.63, 3.8) is 0 Å². The number of carbonyl (C=O) groups is 2. The molecule has 20 heavy (non-hydrogen) atoms. The number of aliphatic hydroxyl groups excluding tert-OH is 2. The Morgan fingerprint density at radius 1 is 1.25 bits per heavy atom. The van der Waals surface area contributed by atoms with E-state index in [0.717, 1.165) is 18.2 Å². The monoisotopic (exact) mass is 285 g/mol. The summed E-state index contributed by atoms with van der Waals surface area (Å²) >= 11 is 0. The van der Waals surface area contributed by atoms with Gasteiger partial charge in [0, 0.05) is 12.1 Å². The summed E-state index contributed by atoms with van der Waals surface area (Å²) in [6.45, 7) is 0. The Morgan fingerprint density at radius 3 is 2.30 bits per heavy atom. The number of benzene rings is 1. The summed E-state index contributed by atoms with van der Waals surface area (Å²) in [5.41, 5.74) is -1.36. The molecular weight excluding hydrogens is 274 g/mol. The van der Waals surface area contributed by atoms with E-state index in [1.54, 1.807) is 0 Å². The molecule has 0 aliphatic rings. The number of aromatic carboxylic acids is 1. The zero-order valence-corrected chi connectivity index (χ0v) is 9.96. The van der Waals surface area contributed by atoms with Crippen molar-refractivity contribution in [2.75, 3.05) is 0 Å². The smallest absolute Gasteiger partial charge is 0.336 e. The average molecular weight is 285 g/mol. The van der Waals surface area contributed by atoms with E-state index in [4.69, 9.17) is 10.2 Å². The summed E-state index contributed by atoms with van der Waals surface area (Å²) in [5, 5.41) is 47.2. The maximum Gasteiger partial charge on any atom is 0.336 e. The highest BCUT2D eigenvalue weighted by molar-refractivity contribution is 5.90. The molecule has 108 valence electrons. The fourth-order valence-corrected chi connectivity index (χ4v) is 1.60. The summed E-state index contributed by atoms with van der Waals surface area (Å²) in [7, 11) is 0. The van der Waals surface area contributed by atoms with Crippen molar-refractivity contribution in [2.24, 2.45) is 0 Å². The fraction of sp³-hybridized carbons (Fsp3) is 0.273. The van der Waals surface area contributed by atoms with E-state index in [1.807, 2.05) is 0 Å². The molecule has 0 bridgehead atoms. The summed E-state index contributed by atoms with van der Waals surface area (Å²) in [6.07, 6.45) is -4.30. The average Bonchev–Trinajstić information content (AvgIpc) is 2.36. The van der Waals surface area contributed by atoms with Crippen LogP contribution in [-0.2, 0) is 4.79 Å². The van der Waals surface area contributed by atoms with Crippen molar-refractivity contribution < 1.29 is 34.9 Å². The SMILES string of the molecule is O=C(O)CC(O)C(O)c1ccc([N+](=O)[O-])cc1C(=O)O. The molecule has 0 aliphatic carbocycles. The minimum absolute atomic E-state index is 0.295. The van der Waals surface area contributed by atoms with E-state index in [-0.39, 0.29) is 5.56 Å². The van der Waals surface area contributed by atoms with Gasteiger partial charge in [-0.2, -0.15) is 0 Å². The first-order valence-electron chi connectivity index (χ1n) is 5.33. The molecular formula is C11H11NO8. The van der Waals surface area contributed by atoms with Crippen LogP contribution < -0.4 is 0 Å². The van der Waals surface area contributed by atoms with Gasteiger partial charge in [0.15, 0.2) is 0 Å². The molecule has 0 amide bonds. The number of hydrogen-bond donors (Lipinski definition) is 4. The van der Waals surface area contributed by atoms with Crippen molar-refractivity contribution in [1.29, 1.82) is 0 Å². The van der Waals surface area contributed by atoms with E-state index in [1.165, 1.54) is 0 Å². The molecule has 1 aromatic carbocycles. The fourth-order valence-electron chi connectivity index (χ4n) is 1.60. The lowest BCUT2D eigenvalue weighted by Crippen LogP contribution is -2.23. The van der Waals surface area contributed by atoms with Gasteiger partial charge in [-0.25, -0.2) is 4.79 Å². The second-order valence-electron chi connectivity index (χ2n) is 3.94. The molecule has 1 aromatic rings. The summed E-state index contributed by atoms with van der Waals surface area (Å²) in [6, 6.07) is 2.66. The quantitative estimate of drug-likeness (QED) is 0.425. The molecule has 0 saturated heterocycles. The number of rotatable bonds is 6. The molecule has 0 aromatic heterocycles. The molecule has 0 saturated carbocycles. The zero-order chi connectivity index (χ0) is 15.4. The Kier molecular flexibility index (Phi) is 4.73. The minimum Gasteiger partial charge on any atom is -0.481 e. The standard InChI is InChI=1S/C11H11NO8/c13-8(4-9(14)15)10(16)6-2-1-5(12(19)20)3-7(6)11(17)18/h1-3,8,10,13,16H,4H2,(H,14,15)(H,17,18). The van der Waals surface area contributed by atoms with Crippen LogP contribution >= 0.6 is 0 Å². The maximum atomic E-state index is 11.0. The third-order valence-electron chi connectivity index (χ3n) is 2.54. The highest BCUT2D eigenvalue weighted by atomic mass is 16.6. The molecule has 0 spiro atoms. The Morgan fingerprint density at radius 2 is 1.85 bits per heavy atom. The van der Waals surface area contributed by atoms with Crippen LogP contribution in [0.3, 0.4) is 0 Å². The molecule has 2 unspecified atom stereocenters. The lowest BCUT2D eigenvalue weighted by atomic mass is 9.96. The number of carboxylic acid groups (broad SMARTS) is 2. The number of aliphatic hydroxyl groups is 2. The Hall–Kier alpha value is -2.52. The molecule has 0 heterocycles. The number of hydrogen-bond acceptors (Lipinski definition) is 6. The van der Waals surface area contributed by atoms with Crippen LogP contribution in [0.2, 0.25) is 0 Å². The van der Waals surface area contributed by atoms with Crippen LogP contribution in [0, 0.1) is 10.1 Å². The summed E-state index contributed by atoms with van der Waals surface area (Å²) < 4.78 is 0. The second-order valence-corrected chi connectivity index (χ2v) is 3.94. The summed E-state index contributed by atoms with van der Waals surface area (Å²) in [4.78, 5) is 31.2. The van der Waals surface area contributed by atoms with Crippen LogP contribution in [0.25, 0.3) is 0 Å². The van der Waals surface area contributed by atoms with Crippen molar-refractivity contribution in [2.45, 2.75) is 18.6 Å². The van der Waals surface area contributed by atoms with Crippen molar-refractivity contribution in [3.8, 4) is 0 Å². The number of nitro benzene ring substituents is 1. The van der Waals surface area contributed by atoms with Gasteiger partial charge in [0.05, 0.1) is 23.0 Å². The van der Waals surface area contributed by atoms with Crippen LogP contribution in [0.4, 0.5) is 5.69 Å². The molecule has 4 N–H and O–H groups in total. The first kappa shape index (κ1) is 15.5. The predicted molar refractivity (Wildman–Crippen MR) is 63.3 cm³/mol. The minimum atomic E-state index is -1.78. The zero-order valence-electron chi connectivity index (χ0n) is 9.96. The van der Waals surface area contributed by atoms with Crippen molar-refractivity contribution >= 4 is 17.6 Å². The summed E-state index contributed by atoms with van der Waals surface area (Å²) in [5.74, 6) is -2.92. The van der Waals surface area contributed by atoms with Crippen molar-refractivity contribution in [3.05, 3.63) is 39.4 Å². The van der Waals surface area contributed by atoms with E-state index >= 15 is 0 Å². The van der Waals surface area contributed by atoms with E-state index < -0.39 is 46.7 Å². The van der Waals surface area contributed by atoms with Gasteiger partial charge >= 0.3 is 11.9 Å². The Labute approximate surface area is 111 Å². The lowest BCUT2D eigenvalue weighted by molar-refractivity contribution is -0.384. The number of carboxylic acids is 2. The van der Waals surface area contributed by atoms with Gasteiger partial charge < -0.3 is 20.4 Å². The highest BCUT2D eigenvalue weighted by Crippen LogP contribution is 2.26. The number of aliphatic carboxylic acids is 1. The Bertz CT molecular complexity index is 555. The van der Waals surface area contributed by atoms with E-state index in [0.29, 0.717) is 0 Å². The van der Waals surface area contributed by atoms with Crippen LogP contribution in [0.5, 0.6) is 0 Å². The van der Waals surface area contributed by atoms with Gasteiger partial charge in [-0.1, -0.05) is 0 Å². The first-order valence-corrected chi connectivity index (χ1v) is 5.33. The molecule has 0 radical (unpaired) electrons. The van der Waals surface area contributed by atoms with Crippen LogP contribution in [0.1, 0.15) is 28.4 Å². The molecule has 9 heteroatoms. The third kappa shape index (κ3) is 3.49. The molecule has 0 aliphatic heterocycles. The van der Waals surface area contributed by atoms with Gasteiger partial charge in [-0.05, 0) is 11.6 Å². The largest absolute Gasteiger partial charge is 0.481 e. The topological polar surface area (TPSA) is 158 Å². The number of nitrogens with zero attached hydrogens (tertiary/aromatic N) is 1. The molecule has 1 rings (SSSR count). The lowest BCUT2D eigenvalue weighted by Gasteiger charge is -2.18. The highest BCUT2D eigenvalue weighted by Gasteiger charge is 2.27. The predicted octanol–water partition coefficient (Wildman–Crippen LogP) is 0.162. The van der Waals surface area contributed by atoms with Gasteiger partial charge in [-0.3, -0.25) is 14.9 Å². The van der Waals surface area contributed by atoms with Gasteiger partial charge in [0.1, 0.15) is 6.10 Å². The maximum absolute atomic E-state index is 11.0. The molecule has 9 nitrogen and oxygen atoms in total. The Balaban J connectivity index is 3.20. The van der Waals surface area contributed by atoms with E-state index in [9.17, 15) is 29.9 Å². The number of nitro groups is 1. The molecule has 2 atom stereocenters. The normalized spacial score (nSPS) is 13.5. The van der Waals surface area contributed by atoms with Gasteiger partial charge in [0.2, 0.25) is 0 Å². The van der Waals surface area contributed by atoms with Crippen LogP contribution in [0.15, 0.2) is 18.2 Å². The van der Waals surface area contributed by atoms with Gasteiger partial charge in [-0.15, -0.1) is 0 Å². The second kappa shape index (κ2) is 6.08. The first-order chi connectivity index (χ1) is 9.23. The third-order valence-corrected chi connectivity index (χ3v) is 2.54. The van der Waals surface area contributed by atoms with Gasteiger partial charge in [0.25, 0.3) is 5.69 Å². The molecule has 0 fully saturated rings. The number of non-ortho nitro benzene ring substituents is 1. The van der Waals surface area contributed by atoms with Crippen LogP contribution in [-0.4, -0.2) is 43.4 Å². The van der Waals surface area contributed by atoms with Crippen molar-refractivity contribution in [1.82, 2.24) is 0 Å².